The van der Waals surface area contributed by atoms with Gasteiger partial charge in [-0.2, -0.15) is 18.4 Å². The van der Waals surface area contributed by atoms with E-state index < -0.39 is 34.0 Å². The molecule has 1 unspecified atom stereocenters. The van der Waals surface area contributed by atoms with Crippen LogP contribution in [-0.4, -0.2) is 39.3 Å². The Labute approximate surface area is 191 Å². The van der Waals surface area contributed by atoms with E-state index in [2.05, 4.69) is 10.6 Å². The maximum Gasteiger partial charge on any atom is 0.407 e. The molecule has 10 heteroatoms. The van der Waals surface area contributed by atoms with E-state index >= 15 is 0 Å². The third-order valence-corrected chi connectivity index (χ3v) is 6.02. The van der Waals surface area contributed by atoms with Crippen molar-refractivity contribution in [1.82, 2.24) is 10.6 Å². The zero-order chi connectivity index (χ0) is 24.8. The SMILES string of the molecule is CC(C)C[C@H](NC(c1cccc(-c2ccc(S(C)(=O)=O)cc2)c1)C(F)(F)F)C(=O)NCC#N. The summed E-state index contributed by atoms with van der Waals surface area (Å²) < 4.78 is 65.4. The van der Waals surface area contributed by atoms with Crippen molar-refractivity contribution in [3.05, 3.63) is 54.1 Å². The largest absolute Gasteiger partial charge is 0.407 e. The summed E-state index contributed by atoms with van der Waals surface area (Å²) in [5, 5.41) is 13.4. The Morgan fingerprint density at radius 2 is 1.73 bits per heavy atom. The van der Waals surface area contributed by atoms with Crippen molar-refractivity contribution in [2.45, 2.75) is 43.4 Å². The molecule has 0 radical (unpaired) electrons. The molecule has 2 aromatic rings. The molecule has 2 N–H and O–H groups in total. The molecule has 0 aliphatic rings. The number of alkyl halides is 3. The van der Waals surface area contributed by atoms with Crippen LogP contribution in [0.15, 0.2) is 53.4 Å². The van der Waals surface area contributed by atoms with Crippen LogP contribution in [0.4, 0.5) is 13.2 Å². The number of sulfone groups is 1. The van der Waals surface area contributed by atoms with Crippen molar-refractivity contribution in [1.29, 1.82) is 5.26 Å². The van der Waals surface area contributed by atoms with Gasteiger partial charge in [0.25, 0.3) is 0 Å². The predicted octanol–water partition coefficient (Wildman–Crippen LogP) is 4.00. The second-order valence-corrected chi connectivity index (χ2v) is 10.1. The maximum atomic E-state index is 14.0. The van der Waals surface area contributed by atoms with Crippen LogP contribution in [0.3, 0.4) is 0 Å². The molecule has 178 valence electrons. The van der Waals surface area contributed by atoms with E-state index in [1.165, 1.54) is 42.5 Å². The van der Waals surface area contributed by atoms with E-state index in [9.17, 15) is 26.4 Å². The molecular weight excluding hydrogens is 455 g/mol. The van der Waals surface area contributed by atoms with E-state index in [0.29, 0.717) is 11.1 Å². The maximum absolute atomic E-state index is 14.0. The van der Waals surface area contributed by atoms with Crippen LogP contribution in [0.5, 0.6) is 0 Å². The van der Waals surface area contributed by atoms with Crippen LogP contribution in [0.2, 0.25) is 0 Å². The molecule has 6 nitrogen and oxygen atoms in total. The van der Waals surface area contributed by atoms with Gasteiger partial charge in [-0.3, -0.25) is 10.1 Å². The van der Waals surface area contributed by atoms with Crippen LogP contribution in [0.1, 0.15) is 31.9 Å². The van der Waals surface area contributed by atoms with Crippen molar-refractivity contribution in [2.75, 3.05) is 12.8 Å². The molecule has 0 aromatic heterocycles. The molecule has 0 aliphatic carbocycles. The molecule has 0 fully saturated rings. The van der Waals surface area contributed by atoms with Crippen molar-refractivity contribution in [3.63, 3.8) is 0 Å². The highest BCUT2D eigenvalue weighted by Gasteiger charge is 2.43. The summed E-state index contributed by atoms with van der Waals surface area (Å²) in [6, 6.07) is 10.1. The number of halogens is 3. The first kappa shape index (κ1) is 26.4. The number of nitriles is 1. The minimum Gasteiger partial charge on any atom is -0.342 e. The van der Waals surface area contributed by atoms with Crippen molar-refractivity contribution >= 4 is 15.7 Å². The Morgan fingerprint density at radius 1 is 1.09 bits per heavy atom. The van der Waals surface area contributed by atoms with Gasteiger partial charge in [0.1, 0.15) is 12.6 Å². The second-order valence-electron chi connectivity index (χ2n) is 8.12. The lowest BCUT2D eigenvalue weighted by Crippen LogP contribution is -2.49. The topological polar surface area (TPSA) is 99.1 Å². The van der Waals surface area contributed by atoms with Gasteiger partial charge in [-0.05, 0) is 47.2 Å². The Kier molecular flexibility index (Phi) is 8.63. The molecule has 2 atom stereocenters. The smallest absolute Gasteiger partial charge is 0.342 e. The normalized spacial score (nSPS) is 13.9. The van der Waals surface area contributed by atoms with Gasteiger partial charge in [0, 0.05) is 6.26 Å². The number of nitrogens with zero attached hydrogens (tertiary/aromatic N) is 1. The molecule has 0 saturated heterocycles. The highest BCUT2D eigenvalue weighted by molar-refractivity contribution is 7.90. The molecular formula is C23H26F3N3O3S. The summed E-state index contributed by atoms with van der Waals surface area (Å²) in [5.41, 5.74) is 0.933. The van der Waals surface area contributed by atoms with Gasteiger partial charge in [0.2, 0.25) is 5.91 Å². The van der Waals surface area contributed by atoms with Crippen LogP contribution < -0.4 is 10.6 Å². The van der Waals surface area contributed by atoms with Crippen LogP contribution >= 0.6 is 0 Å². The Balaban J connectivity index is 2.40. The third kappa shape index (κ3) is 7.58. The third-order valence-electron chi connectivity index (χ3n) is 4.90. The first-order valence-corrected chi connectivity index (χ1v) is 12.1. The molecule has 0 spiro atoms. The lowest BCUT2D eigenvalue weighted by Gasteiger charge is -2.28. The quantitative estimate of drug-likeness (QED) is 0.528. The highest BCUT2D eigenvalue weighted by atomic mass is 32.2. The fraction of sp³-hybridized carbons (Fsp3) is 0.391. The van der Waals surface area contributed by atoms with Crippen LogP contribution in [-0.2, 0) is 14.6 Å². The molecule has 2 aromatic carbocycles. The van der Waals surface area contributed by atoms with Crippen molar-refractivity contribution in [3.8, 4) is 17.2 Å². The van der Waals surface area contributed by atoms with Gasteiger partial charge >= 0.3 is 6.18 Å². The Bertz CT molecular complexity index is 1110. The van der Waals surface area contributed by atoms with Crippen LogP contribution in [0, 0.1) is 17.2 Å². The summed E-state index contributed by atoms with van der Waals surface area (Å²) in [7, 11) is -3.40. The number of carbonyl (C=O) groups is 1. The minimum absolute atomic E-state index is 0.0658. The van der Waals surface area contributed by atoms with E-state index in [0.717, 1.165) is 6.26 Å². The Hall–Kier alpha value is -2.90. The molecule has 2 rings (SSSR count). The standard InChI is InChI=1S/C23H26F3N3O3S/c1-15(2)13-20(22(30)28-12-11-27)29-21(23(24,25)26)18-6-4-5-17(14-18)16-7-9-19(10-8-16)33(3,31)32/h4-10,14-15,20-21,29H,12-13H2,1-3H3,(H,28,30)/t20-,21?/m0/s1. The fourth-order valence-electron chi connectivity index (χ4n) is 3.35. The lowest BCUT2D eigenvalue weighted by molar-refractivity contribution is -0.161. The highest BCUT2D eigenvalue weighted by Crippen LogP contribution is 2.35. The van der Waals surface area contributed by atoms with E-state index in [-0.39, 0.29) is 29.3 Å². The molecule has 0 aliphatic heterocycles. The first-order chi connectivity index (χ1) is 15.3. The molecule has 0 heterocycles. The zero-order valence-corrected chi connectivity index (χ0v) is 19.3. The van der Waals surface area contributed by atoms with Gasteiger partial charge in [-0.15, -0.1) is 0 Å². The average molecular weight is 482 g/mol. The average Bonchev–Trinajstić information content (AvgIpc) is 2.73. The van der Waals surface area contributed by atoms with Crippen molar-refractivity contribution < 1.29 is 26.4 Å². The molecule has 0 saturated carbocycles. The van der Waals surface area contributed by atoms with E-state index in [4.69, 9.17) is 5.26 Å². The van der Waals surface area contributed by atoms with Gasteiger partial charge < -0.3 is 5.32 Å². The van der Waals surface area contributed by atoms with Gasteiger partial charge in [-0.25, -0.2) is 8.42 Å². The number of carbonyl (C=O) groups excluding carboxylic acids is 1. The first-order valence-electron chi connectivity index (χ1n) is 10.2. The zero-order valence-electron chi connectivity index (χ0n) is 18.5. The number of rotatable bonds is 9. The summed E-state index contributed by atoms with van der Waals surface area (Å²) in [5.74, 6) is -0.740. The molecule has 33 heavy (non-hydrogen) atoms. The summed E-state index contributed by atoms with van der Waals surface area (Å²) in [4.78, 5) is 12.5. The van der Waals surface area contributed by atoms with Crippen molar-refractivity contribution in [2.24, 2.45) is 5.92 Å². The minimum atomic E-state index is -4.69. The van der Waals surface area contributed by atoms with Crippen LogP contribution in [0.25, 0.3) is 11.1 Å². The fourth-order valence-corrected chi connectivity index (χ4v) is 3.98. The van der Waals surface area contributed by atoms with Gasteiger partial charge in [0.15, 0.2) is 9.84 Å². The number of amides is 1. The lowest BCUT2D eigenvalue weighted by atomic mass is 9.97. The molecule has 1 amide bonds. The number of hydrogen-bond donors (Lipinski definition) is 2. The second kappa shape index (κ2) is 10.8. The summed E-state index contributed by atoms with van der Waals surface area (Å²) in [6.07, 6.45) is -3.47. The monoisotopic (exact) mass is 481 g/mol. The number of benzene rings is 2. The molecule has 0 bridgehead atoms. The number of hydrogen-bond acceptors (Lipinski definition) is 5. The summed E-state index contributed by atoms with van der Waals surface area (Å²) >= 11 is 0. The van der Waals surface area contributed by atoms with Gasteiger partial charge in [-0.1, -0.05) is 44.2 Å². The van der Waals surface area contributed by atoms with Gasteiger partial charge in [0.05, 0.1) is 17.0 Å². The van der Waals surface area contributed by atoms with E-state index in [1.54, 1.807) is 26.0 Å². The van der Waals surface area contributed by atoms with E-state index in [1.807, 2.05) is 0 Å². The Morgan fingerprint density at radius 3 is 2.24 bits per heavy atom. The predicted molar refractivity (Wildman–Crippen MR) is 119 cm³/mol. The number of nitrogens with one attached hydrogen (secondary N) is 2. The summed E-state index contributed by atoms with van der Waals surface area (Å²) in [6.45, 7) is 3.27.